The Morgan fingerprint density at radius 2 is 2.00 bits per heavy atom. The third-order valence-electron chi connectivity index (χ3n) is 6.40. The van der Waals surface area contributed by atoms with E-state index in [1.807, 2.05) is 6.07 Å². The van der Waals surface area contributed by atoms with Crippen LogP contribution in [0.5, 0.6) is 11.5 Å². The fourth-order valence-electron chi connectivity index (χ4n) is 5.08. The zero-order valence-electron chi connectivity index (χ0n) is 14.0. The van der Waals surface area contributed by atoms with E-state index in [4.69, 9.17) is 4.74 Å². The first-order valence-corrected chi connectivity index (χ1v) is 8.71. The quantitative estimate of drug-likeness (QED) is 0.865. The van der Waals surface area contributed by atoms with Gasteiger partial charge in [-0.2, -0.15) is 0 Å². The standard InChI is InChI=1S/C19H25NO3/c1-20-10-6-12-11-15(23-2)18(22)17-16(12)14(20)5-9-19(17)7-3-13(21)4-8-19/h11,14,22H,3-10H2,1-2H3. The van der Waals surface area contributed by atoms with Crippen LogP contribution in [0.2, 0.25) is 0 Å². The molecule has 0 bridgehead atoms. The molecule has 124 valence electrons. The highest BCUT2D eigenvalue weighted by Gasteiger charge is 2.47. The van der Waals surface area contributed by atoms with Gasteiger partial charge in [-0.15, -0.1) is 0 Å². The summed E-state index contributed by atoms with van der Waals surface area (Å²) < 4.78 is 5.46. The third-order valence-corrected chi connectivity index (χ3v) is 6.40. The minimum Gasteiger partial charge on any atom is -0.504 e. The van der Waals surface area contributed by atoms with Crippen LogP contribution in [0, 0.1) is 0 Å². The van der Waals surface area contributed by atoms with E-state index in [0.29, 0.717) is 36.2 Å². The zero-order valence-corrected chi connectivity index (χ0v) is 14.0. The van der Waals surface area contributed by atoms with Crippen LogP contribution in [0.3, 0.4) is 0 Å². The molecule has 0 amide bonds. The van der Waals surface area contributed by atoms with Crippen molar-refractivity contribution in [3.05, 3.63) is 22.8 Å². The fraction of sp³-hybridized carbons (Fsp3) is 0.632. The molecule has 3 aliphatic rings. The maximum atomic E-state index is 11.8. The summed E-state index contributed by atoms with van der Waals surface area (Å²) >= 11 is 0. The highest BCUT2D eigenvalue weighted by atomic mass is 16.5. The highest BCUT2D eigenvalue weighted by molar-refractivity contribution is 5.80. The summed E-state index contributed by atoms with van der Waals surface area (Å²) in [7, 11) is 3.81. The summed E-state index contributed by atoms with van der Waals surface area (Å²) in [5.41, 5.74) is 3.72. The smallest absolute Gasteiger partial charge is 0.161 e. The number of phenols is 1. The lowest BCUT2D eigenvalue weighted by Gasteiger charge is -2.49. The van der Waals surface area contributed by atoms with Gasteiger partial charge in [0.25, 0.3) is 0 Å². The highest BCUT2D eigenvalue weighted by Crippen LogP contribution is 2.57. The van der Waals surface area contributed by atoms with Gasteiger partial charge in [-0.3, -0.25) is 9.69 Å². The lowest BCUT2D eigenvalue weighted by atomic mass is 9.59. The van der Waals surface area contributed by atoms with Crippen molar-refractivity contribution in [3.63, 3.8) is 0 Å². The zero-order chi connectivity index (χ0) is 16.2. The summed E-state index contributed by atoms with van der Waals surface area (Å²) in [5.74, 6) is 1.28. The van der Waals surface area contributed by atoms with Crippen LogP contribution >= 0.6 is 0 Å². The third kappa shape index (κ3) is 2.11. The SMILES string of the molecule is COc1cc2c3c(c1O)C1(CCC(=O)CC1)CCC3N(C)CC2. The summed E-state index contributed by atoms with van der Waals surface area (Å²) in [5, 5.41) is 10.9. The Hall–Kier alpha value is -1.55. The van der Waals surface area contributed by atoms with Crippen LogP contribution in [0.1, 0.15) is 61.3 Å². The molecular weight excluding hydrogens is 290 g/mol. The number of hydrogen-bond acceptors (Lipinski definition) is 4. The number of carbonyl (C=O) groups excluding carboxylic acids is 1. The van der Waals surface area contributed by atoms with Crippen LogP contribution in [-0.4, -0.2) is 36.5 Å². The van der Waals surface area contributed by atoms with E-state index in [1.165, 1.54) is 11.1 Å². The number of ether oxygens (including phenoxy) is 1. The van der Waals surface area contributed by atoms with Gasteiger partial charge in [0.05, 0.1) is 7.11 Å². The molecule has 1 fully saturated rings. The van der Waals surface area contributed by atoms with Crippen molar-refractivity contribution in [2.75, 3.05) is 20.7 Å². The number of aromatic hydroxyl groups is 1. The van der Waals surface area contributed by atoms with Crippen molar-refractivity contribution in [2.24, 2.45) is 0 Å². The number of benzene rings is 1. The fourth-order valence-corrected chi connectivity index (χ4v) is 5.08. The minimum atomic E-state index is -0.0364. The van der Waals surface area contributed by atoms with E-state index >= 15 is 0 Å². The maximum Gasteiger partial charge on any atom is 0.161 e. The predicted molar refractivity (Wildman–Crippen MR) is 88.1 cm³/mol. The molecule has 1 atom stereocenters. The topological polar surface area (TPSA) is 49.8 Å². The second-order valence-electron chi connectivity index (χ2n) is 7.48. The largest absolute Gasteiger partial charge is 0.504 e. The van der Waals surface area contributed by atoms with Gasteiger partial charge >= 0.3 is 0 Å². The molecular formula is C19H25NO3. The summed E-state index contributed by atoms with van der Waals surface area (Å²) in [6.45, 7) is 1.05. The molecule has 1 N–H and O–H groups in total. The first-order valence-electron chi connectivity index (χ1n) is 8.71. The molecule has 4 nitrogen and oxygen atoms in total. The molecule has 4 heteroatoms. The number of rotatable bonds is 1. The average molecular weight is 315 g/mol. The number of likely N-dealkylation sites (N-methyl/N-ethyl adjacent to an activating group) is 1. The Bertz CT molecular complexity index is 657. The predicted octanol–water partition coefficient (Wildman–Crippen LogP) is 3.10. The lowest BCUT2D eigenvalue weighted by Crippen LogP contribution is -2.43. The van der Waals surface area contributed by atoms with Crippen LogP contribution in [0.4, 0.5) is 0 Å². The van der Waals surface area contributed by atoms with Gasteiger partial charge in [0.2, 0.25) is 0 Å². The normalized spacial score (nSPS) is 26.2. The number of nitrogens with zero attached hydrogens (tertiary/aromatic N) is 1. The van der Waals surface area contributed by atoms with Crippen LogP contribution in [-0.2, 0) is 16.6 Å². The van der Waals surface area contributed by atoms with Crippen molar-refractivity contribution in [2.45, 2.75) is 56.4 Å². The van der Waals surface area contributed by atoms with Crippen molar-refractivity contribution >= 4 is 5.78 Å². The number of fused-ring (bicyclic) bond motifs is 1. The molecule has 1 aromatic rings. The van der Waals surface area contributed by atoms with Gasteiger partial charge in [0.15, 0.2) is 11.5 Å². The van der Waals surface area contributed by atoms with Crippen LogP contribution in [0.15, 0.2) is 6.07 Å². The van der Waals surface area contributed by atoms with Gasteiger partial charge in [-0.25, -0.2) is 0 Å². The van der Waals surface area contributed by atoms with Crippen LogP contribution < -0.4 is 4.74 Å². The number of carbonyl (C=O) groups is 1. The average Bonchev–Trinajstić information content (AvgIpc) is 2.56. The molecule has 2 aliphatic carbocycles. The Morgan fingerprint density at radius 1 is 1.26 bits per heavy atom. The van der Waals surface area contributed by atoms with E-state index in [-0.39, 0.29) is 5.41 Å². The van der Waals surface area contributed by atoms with Gasteiger partial charge in [-0.05, 0) is 56.3 Å². The molecule has 0 aromatic heterocycles. The number of Topliss-reactive ketones (excluding diaryl/α,β-unsaturated/α-hetero) is 1. The summed E-state index contributed by atoms with van der Waals surface area (Å²) in [6.07, 6.45) is 6.21. The van der Waals surface area contributed by atoms with Crippen molar-refractivity contribution in [3.8, 4) is 11.5 Å². The van der Waals surface area contributed by atoms with Gasteiger partial charge in [-0.1, -0.05) is 0 Å². The monoisotopic (exact) mass is 315 g/mol. The van der Waals surface area contributed by atoms with E-state index < -0.39 is 0 Å². The molecule has 1 spiro atoms. The molecule has 1 saturated carbocycles. The van der Waals surface area contributed by atoms with Crippen molar-refractivity contribution in [1.82, 2.24) is 4.90 Å². The molecule has 1 aliphatic heterocycles. The molecule has 0 saturated heterocycles. The number of hydrogen-bond donors (Lipinski definition) is 1. The first-order chi connectivity index (χ1) is 11.1. The summed E-state index contributed by atoms with van der Waals surface area (Å²) in [4.78, 5) is 14.2. The van der Waals surface area contributed by atoms with Crippen molar-refractivity contribution < 1.29 is 14.6 Å². The van der Waals surface area contributed by atoms with Gasteiger partial charge in [0, 0.05) is 36.4 Å². The van der Waals surface area contributed by atoms with E-state index in [9.17, 15) is 9.90 Å². The first kappa shape index (κ1) is 15.0. The van der Waals surface area contributed by atoms with Crippen LogP contribution in [0.25, 0.3) is 0 Å². The Morgan fingerprint density at radius 3 is 2.70 bits per heavy atom. The lowest BCUT2D eigenvalue weighted by molar-refractivity contribution is -0.121. The molecule has 1 heterocycles. The molecule has 0 radical (unpaired) electrons. The number of phenolic OH excluding ortho intramolecular Hbond substituents is 1. The number of methoxy groups -OCH3 is 1. The maximum absolute atomic E-state index is 11.8. The second kappa shape index (κ2) is 5.23. The number of ketones is 1. The molecule has 1 unspecified atom stereocenters. The molecule has 23 heavy (non-hydrogen) atoms. The van der Waals surface area contributed by atoms with E-state index in [0.717, 1.165) is 44.2 Å². The molecule has 4 rings (SSSR count). The van der Waals surface area contributed by atoms with Gasteiger partial charge in [0.1, 0.15) is 5.78 Å². The Balaban J connectivity index is 1.93. The van der Waals surface area contributed by atoms with Gasteiger partial charge < -0.3 is 9.84 Å². The summed E-state index contributed by atoms with van der Waals surface area (Å²) in [6, 6.07) is 2.43. The second-order valence-corrected chi connectivity index (χ2v) is 7.48. The van der Waals surface area contributed by atoms with Crippen molar-refractivity contribution in [1.29, 1.82) is 0 Å². The van der Waals surface area contributed by atoms with E-state index in [2.05, 4.69) is 11.9 Å². The van der Waals surface area contributed by atoms with E-state index in [1.54, 1.807) is 7.11 Å². The molecule has 1 aromatic carbocycles. The minimum absolute atomic E-state index is 0.0364. The Labute approximate surface area is 137 Å². The Kier molecular flexibility index (Phi) is 3.41.